The minimum absolute atomic E-state index is 0.0785. The normalized spacial score (nSPS) is 21.7. The zero-order chi connectivity index (χ0) is 14.2. The number of carbonyl (C=O) groups is 1. The molecule has 1 aliphatic rings. The number of hydrogen-bond donors (Lipinski definition) is 2. The number of ether oxygens (including phenoxy) is 1. The Hall–Kier alpha value is -1.55. The fourth-order valence-electron chi connectivity index (χ4n) is 2.18. The lowest BCUT2D eigenvalue weighted by Gasteiger charge is -2.24. The molecular formula is C15H21NO3. The van der Waals surface area contributed by atoms with Crippen LogP contribution >= 0.6 is 0 Å². The topological polar surface area (TPSA) is 58.6 Å². The molecule has 0 radical (unpaired) electrons. The average Bonchev–Trinajstić information content (AvgIpc) is 2.65. The third-order valence-electron chi connectivity index (χ3n) is 3.64. The Morgan fingerprint density at radius 1 is 1.42 bits per heavy atom. The van der Waals surface area contributed by atoms with Gasteiger partial charge in [0, 0.05) is 11.5 Å². The van der Waals surface area contributed by atoms with Crippen LogP contribution in [-0.2, 0) is 0 Å². The van der Waals surface area contributed by atoms with Crippen LogP contribution in [0.3, 0.4) is 0 Å². The molecule has 4 nitrogen and oxygen atoms in total. The quantitative estimate of drug-likeness (QED) is 0.877. The molecule has 0 aromatic heterocycles. The lowest BCUT2D eigenvalue weighted by atomic mass is 9.96. The van der Waals surface area contributed by atoms with Gasteiger partial charge >= 0.3 is 0 Å². The summed E-state index contributed by atoms with van der Waals surface area (Å²) in [6.45, 7) is 7.54. The van der Waals surface area contributed by atoms with Gasteiger partial charge in [-0.05, 0) is 26.8 Å². The number of para-hydroxylation sites is 1. The van der Waals surface area contributed by atoms with E-state index in [0.717, 1.165) is 5.56 Å². The van der Waals surface area contributed by atoms with Gasteiger partial charge in [0.15, 0.2) is 0 Å². The summed E-state index contributed by atoms with van der Waals surface area (Å²) in [5, 5.41) is 12.0. The molecule has 2 rings (SSSR count). The first-order chi connectivity index (χ1) is 8.85. The highest BCUT2D eigenvalue weighted by atomic mass is 16.5. The van der Waals surface area contributed by atoms with Crippen molar-refractivity contribution in [3.8, 4) is 5.75 Å². The van der Waals surface area contributed by atoms with Crippen LogP contribution in [0.1, 0.15) is 49.5 Å². The molecule has 0 bridgehead atoms. The van der Waals surface area contributed by atoms with Gasteiger partial charge in [0.2, 0.25) is 0 Å². The Balaban J connectivity index is 2.31. The summed E-state index contributed by atoms with van der Waals surface area (Å²) in [7, 11) is 0. The third kappa shape index (κ3) is 2.59. The maximum atomic E-state index is 12.3. The summed E-state index contributed by atoms with van der Waals surface area (Å²) in [5.74, 6) is 0.750. The molecule has 0 saturated carbocycles. The third-order valence-corrected chi connectivity index (χ3v) is 3.64. The zero-order valence-corrected chi connectivity index (χ0v) is 11.9. The van der Waals surface area contributed by atoms with Gasteiger partial charge in [-0.15, -0.1) is 0 Å². The molecule has 0 saturated heterocycles. The van der Waals surface area contributed by atoms with Crippen LogP contribution in [0.2, 0.25) is 0 Å². The SMILES string of the molecule is CC1Oc2c(C(=O)NC(C)(C)CO)cccc2C1C. The van der Waals surface area contributed by atoms with E-state index in [0.29, 0.717) is 11.3 Å². The van der Waals surface area contributed by atoms with Gasteiger partial charge in [-0.2, -0.15) is 0 Å². The highest BCUT2D eigenvalue weighted by Gasteiger charge is 2.32. The van der Waals surface area contributed by atoms with E-state index in [1.807, 2.05) is 19.1 Å². The summed E-state index contributed by atoms with van der Waals surface area (Å²) < 4.78 is 5.80. The number of aliphatic hydroxyl groups is 1. The number of nitrogens with one attached hydrogen (secondary N) is 1. The molecule has 1 aromatic carbocycles. The van der Waals surface area contributed by atoms with Crippen LogP contribution < -0.4 is 10.1 Å². The molecule has 1 aromatic rings. The second kappa shape index (κ2) is 4.85. The molecule has 1 heterocycles. The Kier molecular flexibility index (Phi) is 3.54. The molecule has 104 valence electrons. The Labute approximate surface area is 113 Å². The second-order valence-corrected chi connectivity index (χ2v) is 5.83. The van der Waals surface area contributed by atoms with Crippen molar-refractivity contribution in [2.75, 3.05) is 6.61 Å². The first-order valence-corrected chi connectivity index (χ1v) is 6.58. The fraction of sp³-hybridized carbons (Fsp3) is 0.533. The average molecular weight is 263 g/mol. The van der Waals surface area contributed by atoms with Crippen LogP contribution in [0.15, 0.2) is 18.2 Å². The van der Waals surface area contributed by atoms with Crippen LogP contribution in [0.5, 0.6) is 5.75 Å². The fourth-order valence-corrected chi connectivity index (χ4v) is 2.18. The van der Waals surface area contributed by atoms with E-state index in [-0.39, 0.29) is 24.5 Å². The minimum Gasteiger partial charge on any atom is -0.489 e. The summed E-state index contributed by atoms with van der Waals surface area (Å²) in [5.41, 5.74) is 0.965. The molecule has 2 unspecified atom stereocenters. The molecule has 0 fully saturated rings. The summed E-state index contributed by atoms with van der Waals surface area (Å²) in [6, 6.07) is 5.63. The first kappa shape index (κ1) is 13.9. The number of carbonyl (C=O) groups excluding carboxylic acids is 1. The predicted octanol–water partition coefficient (Wildman–Crippen LogP) is 2.07. The monoisotopic (exact) mass is 263 g/mol. The highest BCUT2D eigenvalue weighted by Crippen LogP contribution is 2.40. The Bertz CT molecular complexity index is 496. The van der Waals surface area contributed by atoms with Crippen molar-refractivity contribution in [2.45, 2.75) is 45.3 Å². The molecule has 4 heteroatoms. The largest absolute Gasteiger partial charge is 0.489 e. The number of fused-ring (bicyclic) bond motifs is 1. The molecule has 0 spiro atoms. The van der Waals surface area contributed by atoms with E-state index in [1.54, 1.807) is 19.9 Å². The van der Waals surface area contributed by atoms with E-state index in [1.165, 1.54) is 0 Å². The molecular weight excluding hydrogens is 242 g/mol. The van der Waals surface area contributed by atoms with E-state index in [2.05, 4.69) is 12.2 Å². The lowest BCUT2D eigenvalue weighted by molar-refractivity contribution is 0.0864. The Morgan fingerprint density at radius 2 is 2.11 bits per heavy atom. The maximum absolute atomic E-state index is 12.3. The molecule has 2 atom stereocenters. The Morgan fingerprint density at radius 3 is 2.74 bits per heavy atom. The van der Waals surface area contributed by atoms with Crippen molar-refractivity contribution in [1.29, 1.82) is 0 Å². The number of rotatable bonds is 3. The van der Waals surface area contributed by atoms with Gasteiger partial charge in [-0.1, -0.05) is 19.1 Å². The van der Waals surface area contributed by atoms with Gasteiger partial charge in [0.25, 0.3) is 5.91 Å². The zero-order valence-electron chi connectivity index (χ0n) is 11.9. The van der Waals surface area contributed by atoms with Crippen LogP contribution in [0.25, 0.3) is 0 Å². The second-order valence-electron chi connectivity index (χ2n) is 5.83. The summed E-state index contributed by atoms with van der Waals surface area (Å²) >= 11 is 0. The van der Waals surface area contributed by atoms with Crippen LogP contribution in [0, 0.1) is 0 Å². The van der Waals surface area contributed by atoms with Crippen molar-refractivity contribution in [3.05, 3.63) is 29.3 Å². The highest BCUT2D eigenvalue weighted by molar-refractivity contribution is 5.98. The predicted molar refractivity (Wildman–Crippen MR) is 73.6 cm³/mol. The van der Waals surface area contributed by atoms with E-state index in [4.69, 9.17) is 4.74 Å². The van der Waals surface area contributed by atoms with E-state index in [9.17, 15) is 9.90 Å². The minimum atomic E-state index is -0.643. The summed E-state index contributed by atoms with van der Waals surface area (Å²) in [6.07, 6.45) is 0.0785. The summed E-state index contributed by atoms with van der Waals surface area (Å²) in [4.78, 5) is 12.3. The van der Waals surface area contributed by atoms with Crippen LogP contribution in [-0.4, -0.2) is 29.3 Å². The number of aliphatic hydroxyl groups excluding tert-OH is 1. The van der Waals surface area contributed by atoms with Gasteiger partial charge in [0.1, 0.15) is 11.9 Å². The maximum Gasteiger partial charge on any atom is 0.255 e. The number of hydrogen-bond acceptors (Lipinski definition) is 3. The van der Waals surface area contributed by atoms with Crippen molar-refractivity contribution < 1.29 is 14.6 Å². The van der Waals surface area contributed by atoms with Gasteiger partial charge in [-0.25, -0.2) is 0 Å². The van der Waals surface area contributed by atoms with Gasteiger partial charge < -0.3 is 15.2 Å². The smallest absolute Gasteiger partial charge is 0.255 e. The van der Waals surface area contributed by atoms with E-state index < -0.39 is 5.54 Å². The molecule has 19 heavy (non-hydrogen) atoms. The number of benzene rings is 1. The standard InChI is InChI=1S/C15H21NO3/c1-9-10(2)19-13-11(9)6-5-7-12(13)14(18)16-15(3,4)8-17/h5-7,9-10,17H,8H2,1-4H3,(H,16,18). The van der Waals surface area contributed by atoms with Gasteiger partial charge in [0.05, 0.1) is 17.7 Å². The molecule has 1 aliphatic heterocycles. The molecule has 1 amide bonds. The lowest BCUT2D eigenvalue weighted by Crippen LogP contribution is -2.46. The van der Waals surface area contributed by atoms with Crippen molar-refractivity contribution >= 4 is 5.91 Å². The van der Waals surface area contributed by atoms with Crippen molar-refractivity contribution in [2.24, 2.45) is 0 Å². The molecule has 2 N–H and O–H groups in total. The van der Waals surface area contributed by atoms with Crippen molar-refractivity contribution in [1.82, 2.24) is 5.32 Å². The van der Waals surface area contributed by atoms with E-state index >= 15 is 0 Å². The molecule has 0 aliphatic carbocycles. The first-order valence-electron chi connectivity index (χ1n) is 6.58. The van der Waals surface area contributed by atoms with Crippen molar-refractivity contribution in [3.63, 3.8) is 0 Å². The number of amides is 1. The van der Waals surface area contributed by atoms with Gasteiger partial charge in [-0.3, -0.25) is 4.79 Å². The van der Waals surface area contributed by atoms with Crippen LogP contribution in [0.4, 0.5) is 0 Å².